The van der Waals surface area contributed by atoms with E-state index in [1.807, 2.05) is 36.4 Å². The Morgan fingerprint density at radius 3 is 2.38 bits per heavy atom. The fraction of sp³-hybridized carbons (Fsp3) is 0.176. The molecule has 108 valence electrons. The van der Waals surface area contributed by atoms with E-state index in [0.29, 0.717) is 13.2 Å². The summed E-state index contributed by atoms with van der Waals surface area (Å²) in [4.78, 5) is 14.9. The van der Waals surface area contributed by atoms with Crippen molar-refractivity contribution in [1.29, 1.82) is 0 Å². The van der Waals surface area contributed by atoms with Gasteiger partial charge in [0.15, 0.2) is 5.78 Å². The van der Waals surface area contributed by atoms with Crippen molar-refractivity contribution in [3.8, 4) is 16.9 Å². The molecule has 0 saturated heterocycles. The van der Waals surface area contributed by atoms with E-state index in [1.165, 1.54) is 6.08 Å². The molecule has 0 atom stereocenters. The molecule has 0 aliphatic rings. The van der Waals surface area contributed by atoms with Gasteiger partial charge in [0.05, 0.1) is 6.61 Å². The first-order valence-corrected chi connectivity index (χ1v) is 6.66. The summed E-state index contributed by atoms with van der Waals surface area (Å²) in [5, 5.41) is 0. The maximum absolute atomic E-state index is 10.9. The zero-order valence-corrected chi connectivity index (χ0v) is 11.7. The summed E-state index contributed by atoms with van der Waals surface area (Å²) in [6.07, 6.45) is 4.78. The van der Waals surface area contributed by atoms with E-state index in [-0.39, 0.29) is 12.4 Å². The molecule has 4 nitrogen and oxygen atoms in total. The summed E-state index contributed by atoms with van der Waals surface area (Å²) in [7, 11) is 0. The predicted molar refractivity (Wildman–Crippen MR) is 81.2 cm³/mol. The van der Waals surface area contributed by atoms with Crippen LogP contribution in [0.1, 0.15) is 0 Å². The maximum atomic E-state index is 10.9. The Kier molecular flexibility index (Phi) is 5.67. The zero-order valence-electron chi connectivity index (χ0n) is 11.7. The number of ether oxygens (including phenoxy) is 2. The summed E-state index contributed by atoms with van der Waals surface area (Å²) in [5.74, 6) is 0.642. The van der Waals surface area contributed by atoms with Gasteiger partial charge in [-0.15, -0.1) is 0 Å². The van der Waals surface area contributed by atoms with Crippen molar-refractivity contribution in [2.24, 2.45) is 0 Å². The first-order chi connectivity index (χ1) is 10.3. The number of hydrogen-bond donors (Lipinski definition) is 0. The van der Waals surface area contributed by atoms with E-state index in [9.17, 15) is 4.79 Å². The lowest BCUT2D eigenvalue weighted by atomic mass is 10.1. The predicted octanol–water partition coefficient (Wildman–Crippen LogP) is 2.90. The molecule has 0 amide bonds. The highest BCUT2D eigenvalue weighted by Crippen LogP contribution is 2.21. The van der Waals surface area contributed by atoms with Crippen molar-refractivity contribution in [2.45, 2.75) is 0 Å². The standard InChI is InChI=1S/C17H17NO3/c1-2-16(19)13-20-11-12-21-17-5-3-14(4-6-17)15-7-9-18-10-8-15/h2-10H,1,11-13H2. The number of carbonyl (C=O) groups is 1. The molecule has 0 saturated carbocycles. The van der Waals surface area contributed by atoms with Gasteiger partial charge in [0, 0.05) is 12.4 Å². The van der Waals surface area contributed by atoms with Crippen LogP contribution >= 0.6 is 0 Å². The number of hydrogen-bond acceptors (Lipinski definition) is 4. The highest BCUT2D eigenvalue weighted by molar-refractivity contribution is 5.90. The van der Waals surface area contributed by atoms with E-state index in [4.69, 9.17) is 9.47 Å². The molecule has 0 unspecified atom stereocenters. The van der Waals surface area contributed by atoms with Crippen molar-refractivity contribution in [3.63, 3.8) is 0 Å². The average molecular weight is 283 g/mol. The van der Waals surface area contributed by atoms with Crippen molar-refractivity contribution >= 4 is 5.78 Å². The van der Waals surface area contributed by atoms with Crippen LogP contribution in [0.3, 0.4) is 0 Å². The molecule has 0 radical (unpaired) electrons. The lowest BCUT2D eigenvalue weighted by molar-refractivity contribution is -0.119. The molecule has 21 heavy (non-hydrogen) atoms. The summed E-state index contributed by atoms with van der Waals surface area (Å²) >= 11 is 0. The summed E-state index contributed by atoms with van der Waals surface area (Å²) in [5.41, 5.74) is 2.22. The second kappa shape index (κ2) is 7.97. The van der Waals surface area contributed by atoms with Gasteiger partial charge in [-0.05, 0) is 41.5 Å². The molecule has 0 fully saturated rings. The van der Waals surface area contributed by atoms with Gasteiger partial charge in [-0.1, -0.05) is 18.7 Å². The normalized spacial score (nSPS) is 10.1. The fourth-order valence-corrected chi connectivity index (χ4v) is 1.74. The van der Waals surface area contributed by atoms with E-state index < -0.39 is 0 Å². The third-order valence-electron chi connectivity index (χ3n) is 2.84. The number of benzene rings is 1. The minimum Gasteiger partial charge on any atom is -0.491 e. The van der Waals surface area contributed by atoms with Crippen molar-refractivity contribution in [3.05, 3.63) is 61.4 Å². The van der Waals surface area contributed by atoms with Crippen LogP contribution in [0.4, 0.5) is 0 Å². The maximum Gasteiger partial charge on any atom is 0.180 e. The van der Waals surface area contributed by atoms with Gasteiger partial charge in [0.1, 0.15) is 19.0 Å². The lowest BCUT2D eigenvalue weighted by Crippen LogP contribution is -2.11. The number of ketones is 1. The second-order valence-corrected chi connectivity index (χ2v) is 4.33. The van der Waals surface area contributed by atoms with Gasteiger partial charge in [-0.25, -0.2) is 0 Å². The van der Waals surface area contributed by atoms with Gasteiger partial charge >= 0.3 is 0 Å². The van der Waals surface area contributed by atoms with Crippen LogP contribution in [0.25, 0.3) is 11.1 Å². The largest absolute Gasteiger partial charge is 0.491 e. The minimum absolute atomic E-state index is 0.0494. The number of rotatable bonds is 8. The Morgan fingerprint density at radius 1 is 1.05 bits per heavy atom. The molecule has 1 heterocycles. The number of carbonyl (C=O) groups excluding carboxylic acids is 1. The van der Waals surface area contributed by atoms with Crippen molar-refractivity contribution < 1.29 is 14.3 Å². The number of nitrogens with zero attached hydrogens (tertiary/aromatic N) is 1. The van der Waals surface area contributed by atoms with Crippen LogP contribution < -0.4 is 4.74 Å². The molecule has 1 aromatic heterocycles. The highest BCUT2D eigenvalue weighted by atomic mass is 16.5. The molecule has 1 aromatic carbocycles. The molecular weight excluding hydrogens is 266 g/mol. The van der Waals surface area contributed by atoms with Crippen molar-refractivity contribution in [2.75, 3.05) is 19.8 Å². The van der Waals surface area contributed by atoms with Gasteiger partial charge in [0.2, 0.25) is 0 Å². The summed E-state index contributed by atoms with van der Waals surface area (Å²) in [6.45, 7) is 4.19. The minimum atomic E-state index is -0.128. The third kappa shape index (κ3) is 4.85. The Morgan fingerprint density at radius 2 is 1.71 bits per heavy atom. The van der Waals surface area contributed by atoms with Gasteiger partial charge < -0.3 is 9.47 Å². The van der Waals surface area contributed by atoms with Gasteiger partial charge in [0.25, 0.3) is 0 Å². The molecule has 4 heteroatoms. The molecule has 0 spiro atoms. The van der Waals surface area contributed by atoms with E-state index in [2.05, 4.69) is 11.6 Å². The SMILES string of the molecule is C=CC(=O)COCCOc1ccc(-c2ccncc2)cc1. The van der Waals surface area contributed by atoms with Crippen LogP contribution in [-0.4, -0.2) is 30.6 Å². The summed E-state index contributed by atoms with van der Waals surface area (Å²) in [6, 6.07) is 11.7. The molecular formula is C17H17NO3. The van der Waals surface area contributed by atoms with Gasteiger partial charge in [-0.2, -0.15) is 0 Å². The quantitative estimate of drug-likeness (QED) is 0.552. The van der Waals surface area contributed by atoms with Crippen LogP contribution in [0.2, 0.25) is 0 Å². The first kappa shape index (κ1) is 14.9. The Hall–Kier alpha value is -2.46. The van der Waals surface area contributed by atoms with E-state index in [1.54, 1.807) is 12.4 Å². The fourth-order valence-electron chi connectivity index (χ4n) is 1.74. The average Bonchev–Trinajstić information content (AvgIpc) is 2.55. The zero-order chi connectivity index (χ0) is 14.9. The molecule has 0 aliphatic carbocycles. The van der Waals surface area contributed by atoms with Crippen LogP contribution in [0.5, 0.6) is 5.75 Å². The lowest BCUT2D eigenvalue weighted by Gasteiger charge is -2.07. The number of pyridine rings is 1. The molecule has 0 bridgehead atoms. The second-order valence-electron chi connectivity index (χ2n) is 4.33. The topological polar surface area (TPSA) is 48.4 Å². The monoisotopic (exact) mass is 283 g/mol. The Bertz CT molecular complexity index is 579. The Balaban J connectivity index is 1.78. The van der Waals surface area contributed by atoms with E-state index >= 15 is 0 Å². The van der Waals surface area contributed by atoms with Crippen molar-refractivity contribution in [1.82, 2.24) is 4.98 Å². The van der Waals surface area contributed by atoms with E-state index in [0.717, 1.165) is 16.9 Å². The molecule has 2 rings (SSSR count). The van der Waals surface area contributed by atoms with Crippen LogP contribution in [-0.2, 0) is 9.53 Å². The first-order valence-electron chi connectivity index (χ1n) is 6.66. The molecule has 2 aromatic rings. The molecule has 0 aliphatic heterocycles. The highest BCUT2D eigenvalue weighted by Gasteiger charge is 1.99. The Labute approximate surface area is 124 Å². The third-order valence-corrected chi connectivity index (χ3v) is 2.84. The van der Waals surface area contributed by atoms with Gasteiger partial charge in [-0.3, -0.25) is 9.78 Å². The smallest absolute Gasteiger partial charge is 0.180 e. The number of aromatic nitrogens is 1. The van der Waals surface area contributed by atoms with Crippen LogP contribution in [0, 0.1) is 0 Å². The summed E-state index contributed by atoms with van der Waals surface area (Å²) < 4.78 is 10.7. The van der Waals surface area contributed by atoms with Crippen LogP contribution in [0.15, 0.2) is 61.4 Å². The molecule has 0 N–H and O–H groups in total.